The standard InChI is InChI=1S/C13H17FO2/c1-3-13(16,4-2)12(15)9-10-5-7-11(14)8-6-10/h5-8,16H,3-4,9H2,1-2H3. The lowest BCUT2D eigenvalue weighted by molar-refractivity contribution is -0.137. The van der Waals surface area contributed by atoms with Crippen LogP contribution in [0.4, 0.5) is 4.39 Å². The molecule has 0 radical (unpaired) electrons. The van der Waals surface area contributed by atoms with Crippen LogP contribution in [0.15, 0.2) is 24.3 Å². The summed E-state index contributed by atoms with van der Waals surface area (Å²) in [6.45, 7) is 3.57. The zero-order valence-corrected chi connectivity index (χ0v) is 9.66. The summed E-state index contributed by atoms with van der Waals surface area (Å²) in [4.78, 5) is 11.8. The summed E-state index contributed by atoms with van der Waals surface area (Å²) < 4.78 is 12.7. The van der Waals surface area contributed by atoms with Crippen LogP contribution in [0.1, 0.15) is 32.3 Å². The highest BCUT2D eigenvalue weighted by molar-refractivity contribution is 5.88. The van der Waals surface area contributed by atoms with Crippen molar-refractivity contribution in [1.29, 1.82) is 0 Å². The molecule has 1 rings (SSSR count). The van der Waals surface area contributed by atoms with Crippen molar-refractivity contribution in [3.05, 3.63) is 35.6 Å². The van der Waals surface area contributed by atoms with Crippen molar-refractivity contribution >= 4 is 5.78 Å². The van der Waals surface area contributed by atoms with E-state index in [0.717, 1.165) is 5.56 Å². The maximum absolute atomic E-state index is 12.7. The maximum Gasteiger partial charge on any atom is 0.168 e. The molecular formula is C13H17FO2. The zero-order chi connectivity index (χ0) is 12.2. The van der Waals surface area contributed by atoms with Crippen molar-refractivity contribution in [1.82, 2.24) is 0 Å². The van der Waals surface area contributed by atoms with Crippen LogP contribution >= 0.6 is 0 Å². The van der Waals surface area contributed by atoms with Gasteiger partial charge in [0.2, 0.25) is 0 Å². The van der Waals surface area contributed by atoms with E-state index in [4.69, 9.17) is 0 Å². The Morgan fingerprint density at radius 1 is 1.25 bits per heavy atom. The molecule has 0 unspecified atom stereocenters. The first kappa shape index (κ1) is 12.8. The third kappa shape index (κ3) is 2.89. The SMILES string of the molecule is CCC(O)(CC)C(=O)Cc1ccc(F)cc1. The predicted molar refractivity (Wildman–Crippen MR) is 60.6 cm³/mol. The summed E-state index contributed by atoms with van der Waals surface area (Å²) in [5.41, 5.74) is -0.513. The molecule has 0 aliphatic heterocycles. The van der Waals surface area contributed by atoms with Crippen LogP contribution < -0.4 is 0 Å². The molecule has 0 bridgehead atoms. The maximum atomic E-state index is 12.7. The van der Waals surface area contributed by atoms with E-state index in [1.807, 2.05) is 0 Å². The molecule has 0 atom stereocenters. The molecule has 0 aliphatic rings. The smallest absolute Gasteiger partial charge is 0.168 e. The highest BCUT2D eigenvalue weighted by atomic mass is 19.1. The van der Waals surface area contributed by atoms with E-state index in [1.165, 1.54) is 12.1 Å². The second-order valence-corrected chi connectivity index (χ2v) is 3.97. The number of benzene rings is 1. The van der Waals surface area contributed by atoms with Crippen molar-refractivity contribution < 1.29 is 14.3 Å². The summed E-state index contributed by atoms with van der Waals surface area (Å²) in [6, 6.07) is 5.77. The number of aliphatic hydroxyl groups is 1. The molecule has 0 heterocycles. The van der Waals surface area contributed by atoms with Crippen LogP contribution in [0.2, 0.25) is 0 Å². The molecule has 0 amide bonds. The Bertz CT molecular complexity index is 353. The minimum Gasteiger partial charge on any atom is -0.382 e. The normalized spacial score (nSPS) is 11.5. The molecule has 0 saturated heterocycles. The number of hydrogen-bond acceptors (Lipinski definition) is 2. The fraction of sp³-hybridized carbons (Fsp3) is 0.462. The van der Waals surface area contributed by atoms with Crippen LogP contribution in [0.3, 0.4) is 0 Å². The van der Waals surface area contributed by atoms with Gasteiger partial charge in [0.15, 0.2) is 5.78 Å². The van der Waals surface area contributed by atoms with Crippen LogP contribution in [-0.4, -0.2) is 16.5 Å². The van der Waals surface area contributed by atoms with Crippen LogP contribution in [-0.2, 0) is 11.2 Å². The Morgan fingerprint density at radius 2 is 1.75 bits per heavy atom. The second-order valence-electron chi connectivity index (χ2n) is 3.97. The van der Waals surface area contributed by atoms with E-state index in [9.17, 15) is 14.3 Å². The quantitative estimate of drug-likeness (QED) is 0.834. The molecule has 0 fully saturated rings. The predicted octanol–water partition coefficient (Wildman–Crippen LogP) is 2.49. The minimum absolute atomic E-state index is 0.151. The summed E-state index contributed by atoms with van der Waals surface area (Å²) in [5.74, 6) is -0.526. The molecule has 1 aromatic carbocycles. The van der Waals surface area contributed by atoms with Gasteiger partial charge in [0, 0.05) is 6.42 Å². The number of carbonyl (C=O) groups is 1. The lowest BCUT2D eigenvalue weighted by atomic mass is 9.88. The number of ketones is 1. The Balaban J connectivity index is 2.74. The van der Waals surface area contributed by atoms with Gasteiger partial charge in [0.25, 0.3) is 0 Å². The highest BCUT2D eigenvalue weighted by Gasteiger charge is 2.31. The number of rotatable bonds is 5. The molecule has 1 N–H and O–H groups in total. The van der Waals surface area contributed by atoms with Gasteiger partial charge in [-0.25, -0.2) is 4.39 Å². The van der Waals surface area contributed by atoms with Gasteiger partial charge < -0.3 is 5.11 Å². The van der Waals surface area contributed by atoms with Crippen molar-refractivity contribution in [3.8, 4) is 0 Å². The zero-order valence-electron chi connectivity index (χ0n) is 9.66. The molecule has 88 valence electrons. The van der Waals surface area contributed by atoms with E-state index < -0.39 is 5.60 Å². The van der Waals surface area contributed by atoms with Crippen molar-refractivity contribution in [2.24, 2.45) is 0 Å². The largest absolute Gasteiger partial charge is 0.382 e. The molecule has 1 aromatic rings. The summed E-state index contributed by atoms with van der Waals surface area (Å²) in [5, 5.41) is 9.99. The van der Waals surface area contributed by atoms with Crippen molar-refractivity contribution in [2.75, 3.05) is 0 Å². The summed E-state index contributed by atoms with van der Waals surface area (Å²) >= 11 is 0. The molecule has 0 spiro atoms. The van der Waals surface area contributed by atoms with Gasteiger partial charge in [-0.1, -0.05) is 26.0 Å². The minimum atomic E-state index is -1.24. The Hall–Kier alpha value is -1.22. The first-order chi connectivity index (χ1) is 7.51. The number of halogens is 1. The molecule has 0 aromatic heterocycles. The third-order valence-corrected chi connectivity index (χ3v) is 2.97. The average molecular weight is 224 g/mol. The van der Waals surface area contributed by atoms with Crippen LogP contribution in [0.5, 0.6) is 0 Å². The number of hydrogen-bond donors (Lipinski definition) is 1. The Morgan fingerprint density at radius 3 is 2.19 bits per heavy atom. The topological polar surface area (TPSA) is 37.3 Å². The van der Waals surface area contributed by atoms with Gasteiger partial charge >= 0.3 is 0 Å². The van der Waals surface area contributed by atoms with E-state index >= 15 is 0 Å². The average Bonchev–Trinajstić information content (AvgIpc) is 2.31. The molecule has 16 heavy (non-hydrogen) atoms. The summed E-state index contributed by atoms with van der Waals surface area (Å²) in [6.07, 6.45) is 0.964. The van der Waals surface area contributed by atoms with Crippen LogP contribution in [0.25, 0.3) is 0 Å². The molecule has 2 nitrogen and oxygen atoms in total. The fourth-order valence-corrected chi connectivity index (χ4v) is 1.60. The number of Topliss-reactive ketones (excluding diaryl/α,β-unsaturated/α-hetero) is 1. The second kappa shape index (κ2) is 5.21. The Labute approximate surface area is 95.1 Å². The van der Waals surface area contributed by atoms with E-state index in [-0.39, 0.29) is 18.0 Å². The van der Waals surface area contributed by atoms with Crippen molar-refractivity contribution in [3.63, 3.8) is 0 Å². The van der Waals surface area contributed by atoms with Gasteiger partial charge in [0.1, 0.15) is 11.4 Å². The number of carbonyl (C=O) groups excluding carboxylic acids is 1. The fourth-order valence-electron chi connectivity index (χ4n) is 1.60. The monoisotopic (exact) mass is 224 g/mol. The lowest BCUT2D eigenvalue weighted by Gasteiger charge is -2.23. The van der Waals surface area contributed by atoms with E-state index in [1.54, 1.807) is 26.0 Å². The first-order valence-electron chi connectivity index (χ1n) is 5.52. The highest BCUT2D eigenvalue weighted by Crippen LogP contribution is 2.18. The van der Waals surface area contributed by atoms with Gasteiger partial charge in [-0.15, -0.1) is 0 Å². The first-order valence-corrected chi connectivity index (χ1v) is 5.52. The molecule has 0 saturated carbocycles. The van der Waals surface area contributed by atoms with Gasteiger partial charge in [0.05, 0.1) is 0 Å². The van der Waals surface area contributed by atoms with Gasteiger partial charge in [-0.3, -0.25) is 4.79 Å². The van der Waals surface area contributed by atoms with Crippen molar-refractivity contribution in [2.45, 2.75) is 38.7 Å². The van der Waals surface area contributed by atoms with Gasteiger partial charge in [-0.05, 0) is 30.5 Å². The van der Waals surface area contributed by atoms with E-state index in [2.05, 4.69) is 0 Å². The summed E-state index contributed by atoms with van der Waals surface area (Å²) in [7, 11) is 0. The molecular weight excluding hydrogens is 207 g/mol. The van der Waals surface area contributed by atoms with Crippen LogP contribution in [0, 0.1) is 5.82 Å². The van der Waals surface area contributed by atoms with E-state index in [0.29, 0.717) is 12.8 Å². The lowest BCUT2D eigenvalue weighted by Crippen LogP contribution is -2.38. The molecule has 0 aliphatic carbocycles. The molecule has 3 heteroatoms. The van der Waals surface area contributed by atoms with Gasteiger partial charge in [-0.2, -0.15) is 0 Å². The third-order valence-electron chi connectivity index (χ3n) is 2.97. The Kier molecular flexibility index (Phi) is 4.19.